The van der Waals surface area contributed by atoms with Crippen LogP contribution in [0.1, 0.15) is 37.7 Å². The Morgan fingerprint density at radius 1 is 1.09 bits per heavy atom. The number of pyridine rings is 1. The molecule has 1 aromatic heterocycles. The summed E-state index contributed by atoms with van der Waals surface area (Å²) >= 11 is 0. The van der Waals surface area contributed by atoms with E-state index in [9.17, 15) is 0 Å². The molecule has 2 aliphatic rings. The molecule has 122 valence electrons. The first kappa shape index (κ1) is 15.1. The number of fused-ring (bicyclic) bond motifs is 1. The summed E-state index contributed by atoms with van der Waals surface area (Å²) < 4.78 is 0. The highest BCUT2D eigenvalue weighted by Gasteiger charge is 2.34. The number of hydrogen-bond donors (Lipinski definition) is 2. The van der Waals surface area contributed by atoms with Crippen LogP contribution in [0.4, 0.5) is 0 Å². The molecule has 2 aromatic rings. The molecule has 23 heavy (non-hydrogen) atoms. The molecule has 0 spiro atoms. The summed E-state index contributed by atoms with van der Waals surface area (Å²) in [6.07, 6.45) is 9.82. The quantitative estimate of drug-likeness (QED) is 0.890. The van der Waals surface area contributed by atoms with Crippen molar-refractivity contribution in [3.05, 3.63) is 42.1 Å². The topological polar surface area (TPSA) is 37.0 Å². The lowest BCUT2D eigenvalue weighted by Gasteiger charge is -2.26. The van der Waals surface area contributed by atoms with Crippen LogP contribution in [0.5, 0.6) is 0 Å². The zero-order valence-electron chi connectivity index (χ0n) is 13.8. The van der Waals surface area contributed by atoms with Gasteiger partial charge in [0.2, 0.25) is 0 Å². The van der Waals surface area contributed by atoms with Crippen LogP contribution in [0.3, 0.4) is 0 Å². The van der Waals surface area contributed by atoms with Crippen molar-refractivity contribution >= 4 is 10.9 Å². The first-order valence-corrected chi connectivity index (χ1v) is 9.21. The zero-order chi connectivity index (χ0) is 15.5. The molecule has 0 amide bonds. The fourth-order valence-corrected chi connectivity index (χ4v) is 4.56. The molecule has 1 aromatic carbocycles. The van der Waals surface area contributed by atoms with Gasteiger partial charge in [0.05, 0.1) is 5.52 Å². The Hall–Kier alpha value is -1.45. The van der Waals surface area contributed by atoms with E-state index in [1.54, 1.807) is 0 Å². The Morgan fingerprint density at radius 3 is 2.96 bits per heavy atom. The lowest BCUT2D eigenvalue weighted by molar-refractivity contribution is 0.322. The molecule has 3 atom stereocenters. The third-order valence-electron chi connectivity index (χ3n) is 5.70. The van der Waals surface area contributed by atoms with E-state index in [0.717, 1.165) is 30.4 Å². The number of nitrogens with zero attached hydrogens (tertiary/aromatic N) is 1. The van der Waals surface area contributed by atoms with Crippen molar-refractivity contribution in [1.29, 1.82) is 0 Å². The normalized spacial score (nSPS) is 27.7. The smallest absolute Gasteiger partial charge is 0.0734 e. The molecule has 0 radical (unpaired) electrons. The number of hydrogen-bond acceptors (Lipinski definition) is 3. The van der Waals surface area contributed by atoms with Crippen molar-refractivity contribution in [1.82, 2.24) is 15.6 Å². The van der Waals surface area contributed by atoms with Gasteiger partial charge in [0.25, 0.3) is 0 Å². The molecular weight excluding hydrogens is 282 g/mol. The standard InChI is InChI=1S/C20H27N3/c1-5-15-7-3-13-23-20(15)16(6-1)11-14-22-18-9-2-8-17(18)19-10-4-12-21-19/h1,3,5-7,13,17-19,21-22H,2,4,8-12,14H2. The van der Waals surface area contributed by atoms with E-state index < -0.39 is 0 Å². The molecule has 3 unspecified atom stereocenters. The van der Waals surface area contributed by atoms with Gasteiger partial charge in [0.15, 0.2) is 0 Å². The molecule has 1 saturated carbocycles. The fraction of sp³-hybridized carbons (Fsp3) is 0.550. The van der Waals surface area contributed by atoms with Gasteiger partial charge in [0, 0.05) is 23.7 Å². The number of benzene rings is 1. The van der Waals surface area contributed by atoms with Crippen molar-refractivity contribution in [2.45, 2.75) is 50.6 Å². The summed E-state index contributed by atoms with van der Waals surface area (Å²) in [7, 11) is 0. The number of rotatable bonds is 5. The predicted octanol–water partition coefficient (Wildman–Crippen LogP) is 3.29. The molecule has 3 heteroatoms. The third-order valence-corrected chi connectivity index (χ3v) is 5.70. The Bertz CT molecular complexity index is 643. The van der Waals surface area contributed by atoms with Crippen LogP contribution in [0.15, 0.2) is 36.5 Å². The van der Waals surface area contributed by atoms with Gasteiger partial charge in [-0.2, -0.15) is 0 Å². The molecule has 3 nitrogen and oxygen atoms in total. The highest BCUT2D eigenvalue weighted by atomic mass is 15.0. The third kappa shape index (κ3) is 3.26. The molecule has 1 aliphatic carbocycles. The highest BCUT2D eigenvalue weighted by Crippen LogP contribution is 2.31. The van der Waals surface area contributed by atoms with Crippen molar-refractivity contribution in [2.24, 2.45) is 5.92 Å². The lowest BCUT2D eigenvalue weighted by atomic mass is 9.93. The van der Waals surface area contributed by atoms with E-state index in [-0.39, 0.29) is 0 Å². The second kappa shape index (κ2) is 6.98. The Morgan fingerprint density at radius 2 is 2.04 bits per heavy atom. The van der Waals surface area contributed by atoms with Crippen LogP contribution < -0.4 is 10.6 Å². The summed E-state index contributed by atoms with van der Waals surface area (Å²) in [5.41, 5.74) is 2.53. The first-order valence-electron chi connectivity index (χ1n) is 9.21. The Kier molecular flexibility index (Phi) is 4.58. The maximum absolute atomic E-state index is 4.57. The molecule has 2 N–H and O–H groups in total. The van der Waals surface area contributed by atoms with Gasteiger partial charge in [0.1, 0.15) is 0 Å². The van der Waals surface area contributed by atoms with E-state index in [1.807, 2.05) is 12.3 Å². The predicted molar refractivity (Wildman–Crippen MR) is 95.6 cm³/mol. The van der Waals surface area contributed by atoms with Gasteiger partial charge in [-0.05, 0) is 62.7 Å². The molecule has 0 bridgehead atoms. The minimum Gasteiger partial charge on any atom is -0.314 e. The average Bonchev–Trinajstić information content (AvgIpc) is 3.26. The minimum atomic E-state index is 0.702. The summed E-state index contributed by atoms with van der Waals surface area (Å²) in [6.45, 7) is 2.28. The average molecular weight is 309 g/mol. The second-order valence-corrected chi connectivity index (χ2v) is 7.10. The van der Waals surface area contributed by atoms with E-state index in [1.165, 1.54) is 49.6 Å². The van der Waals surface area contributed by atoms with E-state index in [2.05, 4.69) is 39.9 Å². The summed E-state index contributed by atoms with van der Waals surface area (Å²) in [4.78, 5) is 4.57. The van der Waals surface area contributed by atoms with E-state index in [0.29, 0.717) is 6.04 Å². The van der Waals surface area contributed by atoms with Crippen LogP contribution in [0.25, 0.3) is 10.9 Å². The number of para-hydroxylation sites is 1. The number of nitrogens with one attached hydrogen (secondary N) is 2. The van der Waals surface area contributed by atoms with Crippen LogP contribution in [-0.4, -0.2) is 30.2 Å². The monoisotopic (exact) mass is 309 g/mol. The molecule has 1 saturated heterocycles. The molecule has 2 heterocycles. The van der Waals surface area contributed by atoms with E-state index in [4.69, 9.17) is 0 Å². The van der Waals surface area contributed by atoms with Gasteiger partial charge in [-0.1, -0.05) is 30.7 Å². The maximum Gasteiger partial charge on any atom is 0.0734 e. The Labute approximate surface area is 138 Å². The van der Waals surface area contributed by atoms with Gasteiger partial charge in [-0.15, -0.1) is 0 Å². The van der Waals surface area contributed by atoms with Crippen LogP contribution in [0, 0.1) is 5.92 Å². The second-order valence-electron chi connectivity index (χ2n) is 7.10. The van der Waals surface area contributed by atoms with Gasteiger partial charge < -0.3 is 10.6 Å². The van der Waals surface area contributed by atoms with Crippen LogP contribution in [0.2, 0.25) is 0 Å². The van der Waals surface area contributed by atoms with Crippen LogP contribution >= 0.6 is 0 Å². The van der Waals surface area contributed by atoms with Crippen molar-refractivity contribution in [3.63, 3.8) is 0 Å². The SMILES string of the molecule is c1cnc2c(CCNC3CCCC3C3CCCN3)cccc2c1. The van der Waals surface area contributed by atoms with E-state index >= 15 is 0 Å². The highest BCUT2D eigenvalue weighted by molar-refractivity contribution is 5.81. The lowest BCUT2D eigenvalue weighted by Crippen LogP contribution is -2.42. The molecule has 1 aliphatic heterocycles. The summed E-state index contributed by atoms with van der Waals surface area (Å²) in [5, 5.41) is 8.81. The van der Waals surface area contributed by atoms with Crippen LogP contribution in [-0.2, 0) is 6.42 Å². The minimum absolute atomic E-state index is 0.702. The summed E-state index contributed by atoms with van der Waals surface area (Å²) in [6, 6.07) is 12.2. The van der Waals surface area contributed by atoms with Gasteiger partial charge in [-0.25, -0.2) is 0 Å². The fourth-order valence-electron chi connectivity index (χ4n) is 4.56. The molecule has 4 rings (SSSR count). The van der Waals surface area contributed by atoms with Crippen molar-refractivity contribution in [2.75, 3.05) is 13.1 Å². The summed E-state index contributed by atoms with van der Waals surface area (Å²) in [5.74, 6) is 0.836. The van der Waals surface area contributed by atoms with Gasteiger partial charge >= 0.3 is 0 Å². The molecular formula is C20H27N3. The zero-order valence-corrected chi connectivity index (χ0v) is 13.8. The first-order chi connectivity index (χ1) is 11.4. The largest absolute Gasteiger partial charge is 0.314 e. The molecule has 2 fully saturated rings. The van der Waals surface area contributed by atoms with Gasteiger partial charge in [-0.3, -0.25) is 4.98 Å². The number of aromatic nitrogens is 1. The van der Waals surface area contributed by atoms with Crippen molar-refractivity contribution < 1.29 is 0 Å². The Balaban J connectivity index is 1.37. The maximum atomic E-state index is 4.57. The van der Waals surface area contributed by atoms with Crippen molar-refractivity contribution in [3.8, 4) is 0 Å².